The van der Waals surface area contributed by atoms with Gasteiger partial charge >= 0.3 is 0 Å². The van der Waals surface area contributed by atoms with Crippen molar-refractivity contribution in [1.29, 1.82) is 0 Å². The predicted molar refractivity (Wildman–Crippen MR) is 87.3 cm³/mol. The first-order chi connectivity index (χ1) is 9.97. The van der Waals surface area contributed by atoms with Crippen molar-refractivity contribution in [2.24, 2.45) is 11.7 Å². The van der Waals surface area contributed by atoms with E-state index in [0.29, 0.717) is 0 Å². The first kappa shape index (κ1) is 16.3. The third-order valence-electron chi connectivity index (χ3n) is 4.52. The van der Waals surface area contributed by atoms with E-state index in [4.69, 9.17) is 17.3 Å². The molecule has 0 aromatic heterocycles. The smallest absolute Gasteiger partial charge is 0.225 e. The van der Waals surface area contributed by atoms with Gasteiger partial charge < -0.3 is 10.6 Å². The Morgan fingerprint density at radius 3 is 2.67 bits per heavy atom. The second-order valence-electron chi connectivity index (χ2n) is 6.25. The molecule has 0 heterocycles. The lowest BCUT2D eigenvalue weighted by Gasteiger charge is -2.32. The van der Waals surface area contributed by atoms with Gasteiger partial charge in [0.05, 0.1) is 0 Å². The fraction of sp³-hybridized carbons (Fsp3) is 0.588. The number of carbonyl (C=O) groups is 1. The van der Waals surface area contributed by atoms with Crippen LogP contribution in [0.2, 0.25) is 5.02 Å². The van der Waals surface area contributed by atoms with Gasteiger partial charge in [0.15, 0.2) is 0 Å². The quantitative estimate of drug-likeness (QED) is 0.928. The summed E-state index contributed by atoms with van der Waals surface area (Å²) in [5.74, 6) is 0.345. The van der Waals surface area contributed by atoms with E-state index in [2.05, 4.69) is 6.92 Å². The number of carbonyl (C=O) groups excluding carboxylic acids is 1. The van der Waals surface area contributed by atoms with Gasteiger partial charge in [0.1, 0.15) is 0 Å². The predicted octanol–water partition coefficient (Wildman–Crippen LogP) is 3.25. The van der Waals surface area contributed by atoms with Crippen LogP contribution in [0.5, 0.6) is 0 Å². The number of hydrogen-bond acceptors (Lipinski definition) is 2. The Morgan fingerprint density at radius 1 is 1.38 bits per heavy atom. The van der Waals surface area contributed by atoms with Gasteiger partial charge in [-0.15, -0.1) is 0 Å². The molecule has 0 aliphatic heterocycles. The zero-order chi connectivity index (χ0) is 15.4. The van der Waals surface area contributed by atoms with Crippen molar-refractivity contribution in [3.05, 3.63) is 34.9 Å². The maximum atomic E-state index is 12.6. The Balaban J connectivity index is 1.93. The van der Waals surface area contributed by atoms with Crippen molar-refractivity contribution in [3.8, 4) is 0 Å². The summed E-state index contributed by atoms with van der Waals surface area (Å²) in [5.41, 5.74) is 7.19. The van der Waals surface area contributed by atoms with Crippen LogP contribution < -0.4 is 5.73 Å². The van der Waals surface area contributed by atoms with Gasteiger partial charge in [-0.3, -0.25) is 4.79 Å². The molecule has 2 rings (SSSR count). The van der Waals surface area contributed by atoms with Gasteiger partial charge in [0.25, 0.3) is 0 Å². The van der Waals surface area contributed by atoms with E-state index >= 15 is 0 Å². The number of halogens is 1. The van der Waals surface area contributed by atoms with Crippen molar-refractivity contribution in [3.63, 3.8) is 0 Å². The van der Waals surface area contributed by atoms with E-state index in [-0.39, 0.29) is 23.9 Å². The minimum atomic E-state index is 0.103. The number of rotatable bonds is 4. The van der Waals surface area contributed by atoms with Crippen molar-refractivity contribution in [2.45, 2.75) is 51.1 Å². The number of nitrogens with two attached hydrogens (primary N) is 1. The van der Waals surface area contributed by atoms with Crippen LogP contribution in [0.25, 0.3) is 0 Å². The molecule has 1 aromatic rings. The maximum absolute atomic E-state index is 12.6. The van der Waals surface area contributed by atoms with Crippen LogP contribution in [0.3, 0.4) is 0 Å². The Bertz CT molecular complexity index is 474. The molecule has 1 amide bonds. The van der Waals surface area contributed by atoms with Crippen LogP contribution in [-0.4, -0.2) is 29.9 Å². The first-order valence-electron chi connectivity index (χ1n) is 7.74. The van der Waals surface area contributed by atoms with Gasteiger partial charge in [-0.1, -0.05) is 30.2 Å². The molecule has 1 aliphatic carbocycles. The molecule has 0 spiro atoms. The third kappa shape index (κ3) is 4.45. The minimum Gasteiger partial charge on any atom is -0.342 e. The summed E-state index contributed by atoms with van der Waals surface area (Å²) in [4.78, 5) is 14.5. The molecule has 116 valence electrons. The molecule has 1 aliphatic rings. The van der Waals surface area contributed by atoms with Gasteiger partial charge in [-0.05, 0) is 50.3 Å². The van der Waals surface area contributed by atoms with E-state index in [1.54, 1.807) is 0 Å². The first-order valence-corrected chi connectivity index (χ1v) is 8.12. The Kier molecular flexibility index (Phi) is 5.65. The summed E-state index contributed by atoms with van der Waals surface area (Å²) < 4.78 is 0. The second-order valence-corrected chi connectivity index (χ2v) is 6.69. The van der Waals surface area contributed by atoms with E-state index in [1.807, 2.05) is 36.2 Å². The number of hydrogen-bond donors (Lipinski definition) is 1. The summed E-state index contributed by atoms with van der Waals surface area (Å²) in [6, 6.07) is 8.20. The fourth-order valence-corrected chi connectivity index (χ4v) is 3.18. The molecule has 0 saturated heterocycles. The highest BCUT2D eigenvalue weighted by Gasteiger charge is 2.29. The summed E-state index contributed by atoms with van der Waals surface area (Å²) in [6.07, 6.45) is 4.77. The van der Waals surface area contributed by atoms with Crippen LogP contribution >= 0.6 is 11.6 Å². The fourth-order valence-electron chi connectivity index (χ4n) is 3.06. The Hall–Kier alpha value is -1.06. The van der Waals surface area contributed by atoms with Gasteiger partial charge in [-0.25, -0.2) is 0 Å². The molecule has 3 nitrogen and oxygen atoms in total. The average Bonchev–Trinajstić information content (AvgIpc) is 2.48. The number of nitrogens with zero attached hydrogens (tertiary/aromatic N) is 1. The Labute approximate surface area is 132 Å². The Morgan fingerprint density at radius 2 is 2.05 bits per heavy atom. The molecule has 21 heavy (non-hydrogen) atoms. The molecule has 3 atom stereocenters. The molecule has 4 heteroatoms. The van der Waals surface area contributed by atoms with Crippen molar-refractivity contribution in [1.82, 2.24) is 4.90 Å². The second kappa shape index (κ2) is 7.28. The van der Waals surface area contributed by atoms with Crippen LogP contribution in [0.1, 0.15) is 38.2 Å². The number of likely N-dealkylation sites (N-methyl/N-ethyl adjacent to an activating group) is 1. The molecule has 1 saturated carbocycles. The van der Waals surface area contributed by atoms with Crippen LogP contribution in [-0.2, 0) is 11.2 Å². The molecule has 0 bridgehead atoms. The van der Waals surface area contributed by atoms with Crippen LogP contribution in [0.4, 0.5) is 0 Å². The average molecular weight is 309 g/mol. The number of amides is 1. The normalized spacial score (nSPS) is 23.6. The minimum absolute atomic E-state index is 0.103. The molecule has 3 unspecified atom stereocenters. The molecule has 2 N–H and O–H groups in total. The van der Waals surface area contributed by atoms with E-state index in [1.165, 1.54) is 5.56 Å². The lowest BCUT2D eigenvalue weighted by Crippen LogP contribution is -2.43. The van der Waals surface area contributed by atoms with E-state index < -0.39 is 0 Å². The van der Waals surface area contributed by atoms with Crippen LogP contribution in [0.15, 0.2) is 24.3 Å². The monoisotopic (exact) mass is 308 g/mol. The SMILES string of the molecule is CC(Cc1ccc(Cl)cc1)N(C)C(=O)C1CCCC(N)C1. The summed E-state index contributed by atoms with van der Waals surface area (Å²) in [5, 5.41) is 0.743. The molecular weight excluding hydrogens is 284 g/mol. The largest absolute Gasteiger partial charge is 0.342 e. The highest BCUT2D eigenvalue weighted by molar-refractivity contribution is 6.30. The summed E-state index contributed by atoms with van der Waals surface area (Å²) >= 11 is 5.90. The molecule has 0 radical (unpaired) electrons. The van der Waals surface area contributed by atoms with Crippen molar-refractivity contribution >= 4 is 17.5 Å². The van der Waals surface area contributed by atoms with Gasteiger partial charge in [0, 0.05) is 30.1 Å². The van der Waals surface area contributed by atoms with Crippen molar-refractivity contribution < 1.29 is 4.79 Å². The summed E-state index contributed by atoms with van der Waals surface area (Å²) in [6.45, 7) is 2.09. The molecule has 1 aromatic carbocycles. The van der Waals surface area contributed by atoms with E-state index in [9.17, 15) is 4.79 Å². The maximum Gasteiger partial charge on any atom is 0.225 e. The molecular formula is C17H25ClN2O. The van der Waals surface area contributed by atoms with E-state index in [0.717, 1.165) is 37.1 Å². The lowest BCUT2D eigenvalue weighted by molar-refractivity contribution is -0.137. The standard InChI is InChI=1S/C17H25ClN2O/c1-12(10-13-6-8-15(18)9-7-13)20(2)17(21)14-4-3-5-16(19)11-14/h6-9,12,14,16H,3-5,10-11,19H2,1-2H3. The highest BCUT2D eigenvalue weighted by atomic mass is 35.5. The van der Waals surface area contributed by atoms with Gasteiger partial charge in [-0.2, -0.15) is 0 Å². The third-order valence-corrected chi connectivity index (χ3v) is 4.77. The highest BCUT2D eigenvalue weighted by Crippen LogP contribution is 2.25. The molecule has 1 fully saturated rings. The zero-order valence-electron chi connectivity index (χ0n) is 12.9. The number of benzene rings is 1. The summed E-state index contributed by atoms with van der Waals surface area (Å²) in [7, 11) is 1.91. The lowest BCUT2D eigenvalue weighted by atomic mass is 9.85. The van der Waals surface area contributed by atoms with Crippen molar-refractivity contribution in [2.75, 3.05) is 7.05 Å². The van der Waals surface area contributed by atoms with Crippen LogP contribution in [0, 0.1) is 5.92 Å². The topological polar surface area (TPSA) is 46.3 Å². The van der Waals surface area contributed by atoms with Gasteiger partial charge in [0.2, 0.25) is 5.91 Å². The zero-order valence-corrected chi connectivity index (χ0v) is 13.6.